The standard InChI is InChI=1S/C15H20F3NO2/c1-11(19-10-14(20)6-8-21-9-7-14)12-2-4-13(5-3-12)15(16,17)18/h2-5,11,19-20H,6-10H2,1H3. The molecule has 1 atom stereocenters. The lowest BCUT2D eigenvalue weighted by atomic mass is 9.94. The molecule has 21 heavy (non-hydrogen) atoms. The van der Waals surface area contributed by atoms with Crippen LogP contribution in [0.25, 0.3) is 0 Å². The fourth-order valence-electron chi connectivity index (χ4n) is 2.35. The molecule has 1 aliphatic heterocycles. The van der Waals surface area contributed by atoms with Crippen molar-refractivity contribution >= 4 is 0 Å². The van der Waals surface area contributed by atoms with E-state index in [0.717, 1.165) is 17.7 Å². The van der Waals surface area contributed by atoms with Crippen LogP contribution in [-0.4, -0.2) is 30.5 Å². The van der Waals surface area contributed by atoms with Gasteiger partial charge < -0.3 is 15.2 Å². The van der Waals surface area contributed by atoms with Crippen LogP contribution in [0, 0.1) is 0 Å². The Hall–Kier alpha value is -1.11. The minimum atomic E-state index is -4.31. The molecule has 6 heteroatoms. The average Bonchev–Trinajstić information content (AvgIpc) is 2.45. The van der Waals surface area contributed by atoms with Crippen LogP contribution in [0.4, 0.5) is 13.2 Å². The third kappa shape index (κ3) is 4.43. The lowest BCUT2D eigenvalue weighted by molar-refractivity contribution is -0.137. The maximum absolute atomic E-state index is 12.5. The van der Waals surface area contributed by atoms with Gasteiger partial charge in [0.25, 0.3) is 0 Å². The molecule has 0 bridgehead atoms. The Labute approximate surface area is 122 Å². The van der Waals surface area contributed by atoms with Crippen molar-refractivity contribution in [2.24, 2.45) is 0 Å². The summed E-state index contributed by atoms with van der Waals surface area (Å²) in [5.41, 5.74) is -0.682. The smallest absolute Gasteiger partial charge is 0.388 e. The molecule has 2 N–H and O–H groups in total. The monoisotopic (exact) mass is 303 g/mol. The van der Waals surface area contributed by atoms with Gasteiger partial charge in [0, 0.05) is 38.6 Å². The fourth-order valence-corrected chi connectivity index (χ4v) is 2.35. The third-order valence-corrected chi connectivity index (χ3v) is 3.90. The molecule has 0 amide bonds. The van der Waals surface area contributed by atoms with Gasteiger partial charge in [-0.2, -0.15) is 13.2 Å². The summed E-state index contributed by atoms with van der Waals surface area (Å²) in [5, 5.41) is 13.5. The van der Waals surface area contributed by atoms with Crippen LogP contribution >= 0.6 is 0 Å². The second kappa shape index (κ2) is 6.34. The van der Waals surface area contributed by atoms with Gasteiger partial charge in [-0.3, -0.25) is 0 Å². The molecule has 1 aliphatic rings. The quantitative estimate of drug-likeness (QED) is 0.898. The molecule has 0 spiro atoms. The van der Waals surface area contributed by atoms with Crippen LogP contribution in [0.1, 0.15) is 36.9 Å². The molecule has 0 radical (unpaired) electrons. The van der Waals surface area contributed by atoms with Gasteiger partial charge in [-0.05, 0) is 24.6 Å². The lowest BCUT2D eigenvalue weighted by Crippen LogP contribution is -2.45. The maximum Gasteiger partial charge on any atom is 0.416 e. The van der Waals surface area contributed by atoms with Gasteiger partial charge in [0.15, 0.2) is 0 Å². The van der Waals surface area contributed by atoms with Crippen LogP contribution in [0.15, 0.2) is 24.3 Å². The highest BCUT2D eigenvalue weighted by atomic mass is 19.4. The van der Waals surface area contributed by atoms with Crippen molar-refractivity contribution < 1.29 is 23.0 Å². The number of rotatable bonds is 4. The number of hydrogen-bond donors (Lipinski definition) is 2. The SMILES string of the molecule is CC(NCC1(O)CCOCC1)c1ccc(C(F)(F)F)cc1. The molecule has 1 heterocycles. The summed E-state index contributed by atoms with van der Waals surface area (Å²) < 4.78 is 42.7. The van der Waals surface area contributed by atoms with Crippen molar-refractivity contribution in [3.8, 4) is 0 Å². The van der Waals surface area contributed by atoms with Crippen molar-refractivity contribution in [3.63, 3.8) is 0 Å². The molecular formula is C15H20F3NO2. The van der Waals surface area contributed by atoms with E-state index in [1.54, 1.807) is 0 Å². The summed E-state index contributed by atoms with van der Waals surface area (Å²) in [5.74, 6) is 0. The van der Waals surface area contributed by atoms with E-state index in [-0.39, 0.29) is 6.04 Å². The average molecular weight is 303 g/mol. The zero-order chi connectivity index (χ0) is 15.5. The van der Waals surface area contributed by atoms with Gasteiger partial charge in [0.05, 0.1) is 11.2 Å². The Bertz CT molecular complexity index is 453. The highest BCUT2D eigenvalue weighted by molar-refractivity contribution is 5.26. The highest BCUT2D eigenvalue weighted by Gasteiger charge is 2.31. The van der Waals surface area contributed by atoms with E-state index in [2.05, 4.69) is 5.32 Å². The Morgan fingerprint density at radius 3 is 2.33 bits per heavy atom. The second-order valence-corrected chi connectivity index (χ2v) is 5.56. The van der Waals surface area contributed by atoms with Gasteiger partial charge in [0.1, 0.15) is 0 Å². The van der Waals surface area contributed by atoms with Crippen molar-refractivity contribution in [1.29, 1.82) is 0 Å². The number of nitrogens with one attached hydrogen (secondary N) is 1. The molecule has 0 saturated carbocycles. The molecule has 3 nitrogen and oxygen atoms in total. The summed E-state index contributed by atoms with van der Waals surface area (Å²) in [6.07, 6.45) is -3.17. The van der Waals surface area contributed by atoms with Gasteiger partial charge in [0.2, 0.25) is 0 Å². The van der Waals surface area contributed by atoms with Crippen LogP contribution in [-0.2, 0) is 10.9 Å². The van der Waals surface area contributed by atoms with Gasteiger partial charge >= 0.3 is 6.18 Å². The summed E-state index contributed by atoms with van der Waals surface area (Å²) in [4.78, 5) is 0. The third-order valence-electron chi connectivity index (χ3n) is 3.90. The molecular weight excluding hydrogens is 283 g/mol. The van der Waals surface area contributed by atoms with E-state index in [1.807, 2.05) is 6.92 Å². The summed E-state index contributed by atoms with van der Waals surface area (Å²) in [7, 11) is 0. The predicted octanol–water partition coefficient (Wildman–Crippen LogP) is 2.90. The maximum atomic E-state index is 12.5. The van der Waals surface area contributed by atoms with E-state index in [9.17, 15) is 18.3 Å². The van der Waals surface area contributed by atoms with E-state index in [4.69, 9.17) is 4.74 Å². The Kier molecular flexibility index (Phi) is 4.91. The number of alkyl halides is 3. The fraction of sp³-hybridized carbons (Fsp3) is 0.600. The van der Waals surface area contributed by atoms with Crippen LogP contribution in [0.3, 0.4) is 0 Å². The topological polar surface area (TPSA) is 41.5 Å². The molecule has 0 aromatic heterocycles. The first-order valence-electron chi connectivity index (χ1n) is 7.01. The van der Waals surface area contributed by atoms with Crippen LogP contribution in [0.2, 0.25) is 0 Å². The number of aliphatic hydroxyl groups is 1. The zero-order valence-corrected chi connectivity index (χ0v) is 11.9. The number of hydrogen-bond acceptors (Lipinski definition) is 3. The molecule has 1 fully saturated rings. The molecule has 1 aromatic rings. The number of halogens is 3. The van der Waals surface area contributed by atoms with Crippen LogP contribution in [0.5, 0.6) is 0 Å². The van der Waals surface area contributed by atoms with E-state index in [1.165, 1.54) is 12.1 Å². The summed E-state index contributed by atoms with van der Waals surface area (Å²) in [6.45, 7) is 3.34. The van der Waals surface area contributed by atoms with Crippen molar-refractivity contribution in [1.82, 2.24) is 5.32 Å². The van der Waals surface area contributed by atoms with Crippen LogP contribution < -0.4 is 5.32 Å². The Morgan fingerprint density at radius 1 is 1.24 bits per heavy atom. The lowest BCUT2D eigenvalue weighted by Gasteiger charge is -2.33. The van der Waals surface area contributed by atoms with Crippen molar-refractivity contribution in [3.05, 3.63) is 35.4 Å². The molecule has 1 unspecified atom stereocenters. The first kappa shape index (κ1) is 16.3. The Balaban J connectivity index is 1.92. The number of ether oxygens (including phenoxy) is 1. The van der Waals surface area contributed by atoms with Gasteiger partial charge in [-0.1, -0.05) is 12.1 Å². The first-order chi connectivity index (χ1) is 9.80. The number of benzene rings is 1. The minimum absolute atomic E-state index is 0.126. The largest absolute Gasteiger partial charge is 0.416 e. The van der Waals surface area contributed by atoms with Crippen molar-refractivity contribution in [2.45, 2.75) is 37.6 Å². The molecule has 118 valence electrons. The minimum Gasteiger partial charge on any atom is -0.388 e. The highest BCUT2D eigenvalue weighted by Crippen LogP contribution is 2.30. The van der Waals surface area contributed by atoms with E-state index < -0.39 is 17.3 Å². The Morgan fingerprint density at radius 2 is 1.81 bits per heavy atom. The molecule has 0 aliphatic carbocycles. The van der Waals surface area contributed by atoms with Gasteiger partial charge in [-0.15, -0.1) is 0 Å². The zero-order valence-electron chi connectivity index (χ0n) is 11.9. The first-order valence-corrected chi connectivity index (χ1v) is 7.01. The van der Waals surface area contributed by atoms with Gasteiger partial charge in [-0.25, -0.2) is 0 Å². The molecule has 1 aromatic carbocycles. The predicted molar refractivity (Wildman–Crippen MR) is 72.9 cm³/mol. The molecule has 1 saturated heterocycles. The second-order valence-electron chi connectivity index (χ2n) is 5.56. The summed E-state index contributed by atoms with van der Waals surface area (Å²) >= 11 is 0. The van der Waals surface area contributed by atoms with E-state index >= 15 is 0 Å². The normalized spacial score (nSPS) is 20.2. The van der Waals surface area contributed by atoms with Crippen molar-refractivity contribution in [2.75, 3.05) is 19.8 Å². The summed E-state index contributed by atoms with van der Waals surface area (Å²) in [6, 6.07) is 4.97. The molecule has 2 rings (SSSR count). The van der Waals surface area contributed by atoms with E-state index in [0.29, 0.717) is 32.6 Å².